The zero-order valence-electron chi connectivity index (χ0n) is 13.7. The highest BCUT2D eigenvalue weighted by Gasteiger charge is 2.47. The van der Waals surface area contributed by atoms with Crippen LogP contribution in [0.2, 0.25) is 0 Å². The molecule has 2 atom stereocenters. The standard InChI is InChI=1S/C19H24N2O2/c1-13-10-16(13)17(22)21-8-6-19(7-9-21)11-14-4-2-3-5-15(14)12-20-18(19)23/h2-5,13,16H,6-12H2,1H3,(H,20,23). The predicted octanol–water partition coefficient (Wildman–Crippen LogP) is 2.12. The molecule has 4 heteroatoms. The largest absolute Gasteiger partial charge is 0.352 e. The number of rotatable bonds is 1. The lowest BCUT2D eigenvalue weighted by molar-refractivity contribution is -0.141. The molecule has 23 heavy (non-hydrogen) atoms. The smallest absolute Gasteiger partial charge is 0.226 e. The molecule has 2 unspecified atom stereocenters. The van der Waals surface area contributed by atoms with Gasteiger partial charge in [-0.05, 0) is 42.7 Å². The number of likely N-dealkylation sites (tertiary alicyclic amines) is 1. The lowest BCUT2D eigenvalue weighted by Crippen LogP contribution is -2.50. The summed E-state index contributed by atoms with van der Waals surface area (Å²) in [5.74, 6) is 1.27. The first-order valence-electron chi connectivity index (χ1n) is 8.73. The highest BCUT2D eigenvalue weighted by Crippen LogP contribution is 2.42. The maximum atomic E-state index is 12.7. The fraction of sp³-hybridized carbons (Fsp3) is 0.579. The van der Waals surface area contributed by atoms with Crippen molar-refractivity contribution in [3.8, 4) is 0 Å². The SMILES string of the molecule is CC1CC1C(=O)N1CCC2(CC1)Cc1ccccc1CNC2=O. The van der Waals surface area contributed by atoms with Crippen molar-refractivity contribution < 1.29 is 9.59 Å². The van der Waals surface area contributed by atoms with Crippen molar-refractivity contribution in [2.24, 2.45) is 17.3 Å². The maximum absolute atomic E-state index is 12.7. The van der Waals surface area contributed by atoms with Crippen LogP contribution < -0.4 is 5.32 Å². The van der Waals surface area contributed by atoms with E-state index in [0.717, 1.165) is 38.8 Å². The average molecular weight is 312 g/mol. The molecule has 2 heterocycles. The van der Waals surface area contributed by atoms with Crippen molar-refractivity contribution in [2.45, 2.75) is 39.2 Å². The summed E-state index contributed by atoms with van der Waals surface area (Å²) < 4.78 is 0. The molecule has 1 saturated carbocycles. The van der Waals surface area contributed by atoms with E-state index >= 15 is 0 Å². The van der Waals surface area contributed by atoms with Gasteiger partial charge in [-0.15, -0.1) is 0 Å². The summed E-state index contributed by atoms with van der Waals surface area (Å²) in [6.45, 7) is 4.21. The second-order valence-corrected chi connectivity index (χ2v) is 7.55. The van der Waals surface area contributed by atoms with E-state index in [1.807, 2.05) is 11.0 Å². The third-order valence-electron chi connectivity index (χ3n) is 6.03. The molecule has 2 fully saturated rings. The minimum atomic E-state index is -0.335. The number of nitrogens with zero attached hydrogens (tertiary/aromatic N) is 1. The van der Waals surface area contributed by atoms with E-state index in [1.54, 1.807) is 0 Å². The molecular formula is C19H24N2O2. The molecule has 1 N–H and O–H groups in total. The van der Waals surface area contributed by atoms with Gasteiger partial charge in [0.15, 0.2) is 0 Å². The number of hydrogen-bond acceptors (Lipinski definition) is 2. The summed E-state index contributed by atoms with van der Waals surface area (Å²) in [5.41, 5.74) is 2.17. The van der Waals surface area contributed by atoms with Gasteiger partial charge in [-0.25, -0.2) is 0 Å². The van der Waals surface area contributed by atoms with Gasteiger partial charge >= 0.3 is 0 Å². The summed E-state index contributed by atoms with van der Waals surface area (Å²) >= 11 is 0. The van der Waals surface area contributed by atoms with Crippen LogP contribution in [-0.2, 0) is 22.6 Å². The van der Waals surface area contributed by atoms with Crippen LogP contribution >= 0.6 is 0 Å². The van der Waals surface area contributed by atoms with Crippen LogP contribution in [0.1, 0.15) is 37.3 Å². The summed E-state index contributed by atoms with van der Waals surface area (Å²) in [6.07, 6.45) is 3.39. The van der Waals surface area contributed by atoms with Crippen molar-refractivity contribution >= 4 is 11.8 Å². The number of carbonyl (C=O) groups is 2. The van der Waals surface area contributed by atoms with E-state index < -0.39 is 0 Å². The normalized spacial score (nSPS) is 28.7. The molecule has 1 aromatic rings. The van der Waals surface area contributed by atoms with Gasteiger partial charge in [0.05, 0.1) is 5.41 Å². The maximum Gasteiger partial charge on any atom is 0.226 e. The fourth-order valence-corrected chi connectivity index (χ4v) is 4.17. The van der Waals surface area contributed by atoms with Crippen LogP contribution in [0, 0.1) is 17.3 Å². The molecular weight excluding hydrogens is 288 g/mol. The molecule has 1 aliphatic carbocycles. The van der Waals surface area contributed by atoms with Gasteiger partial charge in [0.25, 0.3) is 0 Å². The Bertz CT molecular complexity index is 647. The van der Waals surface area contributed by atoms with Gasteiger partial charge in [-0.1, -0.05) is 31.2 Å². The highest BCUT2D eigenvalue weighted by atomic mass is 16.2. The number of piperidine rings is 1. The van der Waals surface area contributed by atoms with Crippen molar-refractivity contribution in [1.29, 1.82) is 0 Å². The van der Waals surface area contributed by atoms with Crippen LogP contribution in [0.4, 0.5) is 0 Å². The van der Waals surface area contributed by atoms with Crippen molar-refractivity contribution in [2.75, 3.05) is 13.1 Å². The van der Waals surface area contributed by atoms with Gasteiger partial charge in [0, 0.05) is 25.6 Å². The van der Waals surface area contributed by atoms with Gasteiger partial charge in [-0.2, -0.15) is 0 Å². The van der Waals surface area contributed by atoms with E-state index in [0.29, 0.717) is 18.4 Å². The van der Waals surface area contributed by atoms with Crippen LogP contribution in [-0.4, -0.2) is 29.8 Å². The molecule has 4 nitrogen and oxygen atoms in total. The first kappa shape index (κ1) is 14.7. The quantitative estimate of drug-likeness (QED) is 0.863. The van der Waals surface area contributed by atoms with Crippen LogP contribution in [0.3, 0.4) is 0 Å². The molecule has 122 valence electrons. The monoisotopic (exact) mass is 312 g/mol. The van der Waals surface area contributed by atoms with Gasteiger partial charge in [0.1, 0.15) is 0 Å². The van der Waals surface area contributed by atoms with E-state index in [9.17, 15) is 9.59 Å². The Morgan fingerprint density at radius 1 is 1.22 bits per heavy atom. The molecule has 1 aromatic carbocycles. The molecule has 1 saturated heterocycles. The lowest BCUT2D eigenvalue weighted by Gasteiger charge is -2.40. The van der Waals surface area contributed by atoms with Crippen LogP contribution in [0.5, 0.6) is 0 Å². The highest BCUT2D eigenvalue weighted by molar-refractivity contribution is 5.85. The minimum absolute atomic E-state index is 0.167. The molecule has 2 amide bonds. The molecule has 3 aliphatic rings. The van der Waals surface area contributed by atoms with Crippen molar-refractivity contribution in [1.82, 2.24) is 10.2 Å². The Morgan fingerprint density at radius 2 is 1.87 bits per heavy atom. The third-order valence-corrected chi connectivity index (χ3v) is 6.03. The molecule has 0 aromatic heterocycles. The number of amides is 2. The molecule has 0 radical (unpaired) electrons. The van der Waals surface area contributed by atoms with E-state index in [1.165, 1.54) is 11.1 Å². The second-order valence-electron chi connectivity index (χ2n) is 7.55. The minimum Gasteiger partial charge on any atom is -0.352 e. The number of fused-ring (bicyclic) bond motifs is 1. The topological polar surface area (TPSA) is 49.4 Å². The van der Waals surface area contributed by atoms with Crippen LogP contribution in [0.15, 0.2) is 24.3 Å². The zero-order chi connectivity index (χ0) is 16.0. The van der Waals surface area contributed by atoms with Crippen LogP contribution in [0.25, 0.3) is 0 Å². The summed E-state index contributed by atoms with van der Waals surface area (Å²) in [6, 6.07) is 8.32. The summed E-state index contributed by atoms with van der Waals surface area (Å²) in [7, 11) is 0. The number of benzene rings is 1. The molecule has 2 aliphatic heterocycles. The molecule has 1 spiro atoms. The Kier molecular flexibility index (Phi) is 3.43. The van der Waals surface area contributed by atoms with Gasteiger partial charge < -0.3 is 10.2 Å². The van der Waals surface area contributed by atoms with Crippen molar-refractivity contribution in [3.63, 3.8) is 0 Å². The summed E-state index contributed by atoms with van der Waals surface area (Å²) in [4.78, 5) is 27.1. The number of carbonyl (C=O) groups excluding carboxylic acids is 2. The average Bonchev–Trinajstić information content (AvgIpc) is 3.31. The number of hydrogen-bond donors (Lipinski definition) is 1. The lowest BCUT2D eigenvalue weighted by atomic mass is 9.73. The van der Waals surface area contributed by atoms with Gasteiger partial charge in [0.2, 0.25) is 11.8 Å². The molecule has 4 rings (SSSR count). The predicted molar refractivity (Wildman–Crippen MR) is 87.5 cm³/mol. The van der Waals surface area contributed by atoms with E-state index in [4.69, 9.17) is 0 Å². The first-order chi connectivity index (χ1) is 11.1. The Labute approximate surface area is 137 Å². The fourth-order valence-electron chi connectivity index (χ4n) is 4.17. The zero-order valence-corrected chi connectivity index (χ0v) is 13.7. The van der Waals surface area contributed by atoms with Gasteiger partial charge in [-0.3, -0.25) is 9.59 Å². The summed E-state index contributed by atoms with van der Waals surface area (Å²) in [5, 5.41) is 3.11. The Morgan fingerprint density at radius 3 is 2.52 bits per heavy atom. The third kappa shape index (κ3) is 2.54. The van der Waals surface area contributed by atoms with E-state index in [2.05, 4.69) is 30.4 Å². The number of nitrogens with one attached hydrogen (secondary N) is 1. The second kappa shape index (κ2) is 5.36. The first-order valence-corrected chi connectivity index (χ1v) is 8.73. The Hall–Kier alpha value is -1.84. The van der Waals surface area contributed by atoms with E-state index in [-0.39, 0.29) is 17.2 Å². The Balaban J connectivity index is 1.50. The molecule has 0 bridgehead atoms. The van der Waals surface area contributed by atoms with Crippen molar-refractivity contribution in [3.05, 3.63) is 35.4 Å².